The number of hydrogen-bond donors (Lipinski definition) is 1. The predicted molar refractivity (Wildman–Crippen MR) is 68.4 cm³/mol. The molecule has 0 aliphatic carbocycles. The van der Waals surface area contributed by atoms with E-state index in [1.807, 2.05) is 19.1 Å². The van der Waals surface area contributed by atoms with Crippen LogP contribution in [0.5, 0.6) is 5.75 Å². The third-order valence-corrected chi connectivity index (χ3v) is 3.33. The summed E-state index contributed by atoms with van der Waals surface area (Å²) in [6.07, 6.45) is 0.931. The molecular weight excluding hydrogens is 252 g/mol. The van der Waals surface area contributed by atoms with E-state index >= 15 is 0 Å². The lowest BCUT2D eigenvalue weighted by molar-refractivity contribution is -0.0509. The maximum Gasteiger partial charge on any atom is 0.387 e. The molecule has 1 aliphatic rings. The summed E-state index contributed by atoms with van der Waals surface area (Å²) in [5.41, 5.74) is 0.778. The molecule has 19 heavy (non-hydrogen) atoms. The van der Waals surface area contributed by atoms with E-state index in [0.29, 0.717) is 12.5 Å². The minimum atomic E-state index is -2.80. The topological polar surface area (TPSA) is 30.5 Å². The largest absolute Gasteiger partial charge is 0.434 e. The number of benzene rings is 1. The second kappa shape index (κ2) is 6.82. The standard InChI is InChI=1S/C14H19F2NO2/c1-2-17-13(10-7-8-18-9-10)11-5-3-4-6-12(11)19-14(15)16/h3-6,10,13-14,17H,2,7-9H2,1H3. The Hall–Kier alpha value is -1.20. The number of halogens is 2. The Morgan fingerprint density at radius 3 is 2.84 bits per heavy atom. The lowest BCUT2D eigenvalue weighted by Gasteiger charge is -2.25. The summed E-state index contributed by atoms with van der Waals surface area (Å²) in [7, 11) is 0. The molecule has 0 saturated carbocycles. The average molecular weight is 271 g/mol. The van der Waals surface area contributed by atoms with Crippen molar-refractivity contribution in [2.24, 2.45) is 5.92 Å². The maximum atomic E-state index is 12.5. The van der Waals surface area contributed by atoms with Gasteiger partial charge in [-0.1, -0.05) is 25.1 Å². The fraction of sp³-hybridized carbons (Fsp3) is 0.571. The third-order valence-electron chi connectivity index (χ3n) is 3.33. The zero-order chi connectivity index (χ0) is 13.7. The fourth-order valence-corrected chi connectivity index (χ4v) is 2.51. The molecule has 1 N–H and O–H groups in total. The summed E-state index contributed by atoms with van der Waals surface area (Å²) in [6, 6.07) is 6.95. The first-order valence-corrected chi connectivity index (χ1v) is 6.57. The molecule has 0 bridgehead atoms. The van der Waals surface area contributed by atoms with Gasteiger partial charge in [-0.25, -0.2) is 0 Å². The van der Waals surface area contributed by atoms with Crippen molar-refractivity contribution in [2.45, 2.75) is 26.0 Å². The van der Waals surface area contributed by atoms with Crippen molar-refractivity contribution in [1.82, 2.24) is 5.32 Å². The van der Waals surface area contributed by atoms with Gasteiger partial charge in [-0.2, -0.15) is 8.78 Å². The van der Waals surface area contributed by atoms with Crippen molar-refractivity contribution in [3.05, 3.63) is 29.8 Å². The third kappa shape index (κ3) is 3.64. The Bertz CT molecular complexity index is 395. The zero-order valence-corrected chi connectivity index (χ0v) is 10.9. The number of alkyl halides is 2. The molecule has 1 aromatic rings. The van der Waals surface area contributed by atoms with Crippen molar-refractivity contribution in [3.63, 3.8) is 0 Å². The van der Waals surface area contributed by atoms with Crippen LogP contribution >= 0.6 is 0 Å². The Kier molecular flexibility index (Phi) is 5.10. The van der Waals surface area contributed by atoms with E-state index in [1.165, 1.54) is 0 Å². The van der Waals surface area contributed by atoms with Crippen LogP contribution in [0.15, 0.2) is 24.3 Å². The molecular formula is C14H19F2NO2. The quantitative estimate of drug-likeness (QED) is 0.863. The van der Waals surface area contributed by atoms with Crippen molar-refractivity contribution < 1.29 is 18.3 Å². The highest BCUT2D eigenvalue weighted by Crippen LogP contribution is 2.34. The van der Waals surface area contributed by atoms with Crippen LogP contribution in [0.1, 0.15) is 24.9 Å². The first kappa shape index (κ1) is 14.2. The molecule has 2 unspecified atom stereocenters. The van der Waals surface area contributed by atoms with Crippen molar-refractivity contribution in [1.29, 1.82) is 0 Å². The number of rotatable bonds is 6. The average Bonchev–Trinajstić information content (AvgIpc) is 2.90. The van der Waals surface area contributed by atoms with Gasteiger partial charge in [0.25, 0.3) is 0 Å². The van der Waals surface area contributed by atoms with Crippen LogP contribution in [0.25, 0.3) is 0 Å². The first-order valence-electron chi connectivity index (χ1n) is 6.57. The Labute approximate surface area is 111 Å². The van der Waals surface area contributed by atoms with Crippen LogP contribution in [0.4, 0.5) is 8.78 Å². The summed E-state index contributed by atoms with van der Waals surface area (Å²) in [5, 5.41) is 3.35. The number of nitrogens with one attached hydrogen (secondary N) is 1. The van der Waals surface area contributed by atoms with Gasteiger partial charge >= 0.3 is 6.61 Å². The molecule has 1 fully saturated rings. The summed E-state index contributed by atoms with van der Waals surface area (Å²) < 4.78 is 34.9. The summed E-state index contributed by atoms with van der Waals surface area (Å²) in [5.74, 6) is 0.540. The highest BCUT2D eigenvalue weighted by Gasteiger charge is 2.28. The zero-order valence-electron chi connectivity index (χ0n) is 10.9. The molecule has 0 spiro atoms. The highest BCUT2D eigenvalue weighted by atomic mass is 19.3. The molecule has 3 nitrogen and oxygen atoms in total. The van der Waals surface area contributed by atoms with E-state index in [2.05, 4.69) is 10.1 Å². The van der Waals surface area contributed by atoms with Gasteiger partial charge in [-0.3, -0.25) is 0 Å². The van der Waals surface area contributed by atoms with Gasteiger partial charge < -0.3 is 14.8 Å². The van der Waals surface area contributed by atoms with Gasteiger partial charge in [-0.15, -0.1) is 0 Å². The van der Waals surface area contributed by atoms with Gasteiger partial charge in [-0.05, 0) is 19.0 Å². The van der Waals surface area contributed by atoms with E-state index in [9.17, 15) is 8.78 Å². The van der Waals surface area contributed by atoms with Crippen molar-refractivity contribution >= 4 is 0 Å². The predicted octanol–water partition coefficient (Wildman–Crippen LogP) is 2.98. The maximum absolute atomic E-state index is 12.5. The molecule has 1 aliphatic heterocycles. The van der Waals surface area contributed by atoms with Gasteiger partial charge in [0.1, 0.15) is 5.75 Å². The fourth-order valence-electron chi connectivity index (χ4n) is 2.51. The second-order valence-electron chi connectivity index (χ2n) is 4.58. The smallest absolute Gasteiger partial charge is 0.387 e. The molecule has 1 aromatic carbocycles. The molecule has 0 radical (unpaired) electrons. The minimum Gasteiger partial charge on any atom is -0.434 e. The van der Waals surface area contributed by atoms with Gasteiger partial charge in [0.05, 0.1) is 6.61 Å². The van der Waals surface area contributed by atoms with Crippen molar-refractivity contribution in [3.8, 4) is 5.75 Å². The molecule has 1 saturated heterocycles. The lowest BCUT2D eigenvalue weighted by Crippen LogP contribution is -2.29. The summed E-state index contributed by atoms with van der Waals surface area (Å²) >= 11 is 0. The second-order valence-corrected chi connectivity index (χ2v) is 4.58. The van der Waals surface area contributed by atoms with E-state index in [4.69, 9.17) is 4.74 Å². The van der Waals surface area contributed by atoms with Crippen molar-refractivity contribution in [2.75, 3.05) is 19.8 Å². The number of hydrogen-bond acceptors (Lipinski definition) is 3. The Morgan fingerprint density at radius 2 is 2.21 bits per heavy atom. The van der Waals surface area contributed by atoms with Crippen LogP contribution < -0.4 is 10.1 Å². The normalized spacial score (nSPS) is 20.7. The van der Waals surface area contributed by atoms with Gasteiger partial charge in [0.15, 0.2) is 0 Å². The first-order chi connectivity index (χ1) is 9.22. The van der Waals surface area contributed by atoms with Crippen LogP contribution in [0, 0.1) is 5.92 Å². The Morgan fingerprint density at radius 1 is 1.42 bits per heavy atom. The molecule has 1 heterocycles. The van der Waals surface area contributed by atoms with Crippen LogP contribution in [-0.4, -0.2) is 26.4 Å². The minimum absolute atomic E-state index is 0.0116. The van der Waals surface area contributed by atoms with Crippen LogP contribution in [-0.2, 0) is 4.74 Å². The van der Waals surface area contributed by atoms with E-state index < -0.39 is 6.61 Å². The summed E-state index contributed by atoms with van der Waals surface area (Å²) in [4.78, 5) is 0. The van der Waals surface area contributed by atoms with Gasteiger partial charge in [0, 0.05) is 24.1 Å². The van der Waals surface area contributed by atoms with E-state index in [0.717, 1.165) is 25.1 Å². The van der Waals surface area contributed by atoms with E-state index in [-0.39, 0.29) is 11.8 Å². The number of para-hydroxylation sites is 1. The van der Waals surface area contributed by atoms with Crippen LogP contribution in [0.3, 0.4) is 0 Å². The number of ether oxygens (including phenoxy) is 2. The SMILES string of the molecule is CCNC(c1ccccc1OC(F)F)C1CCOC1. The lowest BCUT2D eigenvalue weighted by atomic mass is 9.91. The summed E-state index contributed by atoms with van der Waals surface area (Å²) in [6.45, 7) is 1.34. The molecule has 0 aromatic heterocycles. The highest BCUT2D eigenvalue weighted by molar-refractivity contribution is 5.36. The molecule has 106 valence electrons. The van der Waals surface area contributed by atoms with Gasteiger partial charge in [0.2, 0.25) is 0 Å². The Balaban J connectivity index is 2.24. The monoisotopic (exact) mass is 271 g/mol. The molecule has 2 atom stereocenters. The van der Waals surface area contributed by atoms with E-state index in [1.54, 1.807) is 12.1 Å². The molecule has 0 amide bonds. The molecule has 2 rings (SSSR count). The van der Waals surface area contributed by atoms with Crippen LogP contribution in [0.2, 0.25) is 0 Å². The molecule has 5 heteroatoms.